The van der Waals surface area contributed by atoms with Crippen LogP contribution in [0.3, 0.4) is 0 Å². The first-order valence-corrected chi connectivity index (χ1v) is 46.4. The molecule has 10 atom stereocenters. The monoisotopic (exact) mass is 1580 g/mol. The molecule has 4 bridgehead atoms. The number of methoxy groups -OCH3 is 2. The second-order valence-electron chi connectivity index (χ2n) is 38.5. The van der Waals surface area contributed by atoms with Gasteiger partial charge in [-0.3, -0.25) is 0 Å². The summed E-state index contributed by atoms with van der Waals surface area (Å²) in [4.78, 5) is 0. The first kappa shape index (κ1) is 96.0. The molecule has 12 rings (SSSR count). The lowest BCUT2D eigenvalue weighted by atomic mass is 9.51. The third-order valence-electron chi connectivity index (χ3n) is 26.7. The number of hydrogen-bond acceptors (Lipinski definition) is 10. The maximum atomic E-state index is 6.22. The molecule has 7 aliphatic carbocycles. The van der Waals surface area contributed by atoms with Crippen LogP contribution in [0.1, 0.15) is 382 Å². The lowest BCUT2D eigenvalue weighted by Crippen LogP contribution is -2.46. The normalized spacial score (nSPS) is 22.1. The maximum absolute atomic E-state index is 6.22. The van der Waals surface area contributed by atoms with Gasteiger partial charge in [0.15, 0.2) is 12.6 Å². The van der Waals surface area contributed by atoms with Crippen LogP contribution in [0.15, 0.2) is 121 Å². The fourth-order valence-electron chi connectivity index (χ4n) is 18.1. The van der Waals surface area contributed by atoms with Crippen LogP contribution < -0.4 is 23.7 Å². The van der Waals surface area contributed by atoms with Gasteiger partial charge in [-0.2, -0.15) is 0 Å². The van der Waals surface area contributed by atoms with Gasteiger partial charge in [0.1, 0.15) is 28.7 Å². The minimum Gasteiger partial charge on any atom is -0.465 e. The molecule has 0 aliphatic heterocycles. The van der Waals surface area contributed by atoms with Crippen LogP contribution in [0.5, 0.6) is 28.7 Å². The number of benzene rings is 5. The molecule has 7 aliphatic rings. The highest BCUT2D eigenvalue weighted by molar-refractivity contribution is 5.33. The molecule has 0 saturated heterocycles. The van der Waals surface area contributed by atoms with Crippen molar-refractivity contribution in [3.63, 3.8) is 0 Å². The third-order valence-corrected chi connectivity index (χ3v) is 26.7. The highest BCUT2D eigenvalue weighted by atomic mass is 16.7. The van der Waals surface area contributed by atoms with Crippen LogP contribution >= 0.6 is 0 Å². The fraction of sp³-hybridized carbons (Fsp3) is 0.712. The van der Waals surface area contributed by atoms with Crippen molar-refractivity contribution in [1.29, 1.82) is 0 Å². The van der Waals surface area contributed by atoms with Crippen molar-refractivity contribution in [2.75, 3.05) is 27.4 Å². The van der Waals surface area contributed by atoms with Gasteiger partial charge in [-0.1, -0.05) is 269 Å². The summed E-state index contributed by atoms with van der Waals surface area (Å²) in [7, 11) is 3.56. The zero-order valence-electron chi connectivity index (χ0n) is 76.4. The van der Waals surface area contributed by atoms with E-state index >= 15 is 0 Å². The summed E-state index contributed by atoms with van der Waals surface area (Å²) in [5.41, 5.74) is 6.93. The molecule has 10 nitrogen and oxygen atoms in total. The van der Waals surface area contributed by atoms with E-state index in [2.05, 4.69) is 234 Å². The number of hydrogen-bond donors (Lipinski definition) is 0. The standard InChI is InChI=1S/C23H34O2.C23H38O2.C21H34O2.C19H30O2.C18H30O2/c1-4-15(2)18-5-7-21(8-6-18)25-23(24-3)14-22-19-10-16-9-17(12-19)13-20(22)11-16;1-6-18(2)20-12-14-21(15-13-20)25-22(23(3,4)5)24-17-16-19-10-8-7-9-11-19;1-4-17(3)19-11-13-20(14-12-19)23-21(5-2)22-16-15-18-9-7-6-8-10-18;1-5-15(2)16-9-11-17(12-10-16)21-18(20-4)19(3)13-7-6-8-14-19;1-8-14(4)15-9-11-16(12-10-15)20-17(18(5,6)7)19-13(2)3/h5-8,15-17,19-20,22-23H,4,9-14H2,1-3H3;12-15,18-19,22H,6-11,16-17H2,1-5H3;11-14,17-18,21H,4-10,15-16H2,1-3H3;9-12,15,18H,5-8,13-14H2,1-4H3;9-14,17H,8H2,1-7H3. The van der Waals surface area contributed by atoms with Crippen molar-refractivity contribution in [1.82, 2.24) is 0 Å². The molecule has 0 heterocycles. The SMILES string of the molecule is CCC(C)c1ccc(OC(CC2C3CC4CC(C3)CC2C4)OC)cc1.CCC(C)c1ccc(OC(OC(C)C)C(C)(C)C)cc1.CCC(C)c1ccc(OC(OC)C2(C)CCCCC2)cc1.CCC(C)c1ccc(OC(OCCC2CCCCC2)C(C)(C)C)cc1.CCC(OCCC1CCCCC1)Oc1ccc(C(C)CC)cc1. The molecular formula is C104H166O10. The molecule has 7 fully saturated rings. The Hall–Kier alpha value is -5.10. The zero-order chi connectivity index (χ0) is 82.8. The molecule has 5 aromatic rings. The Bertz CT molecular complexity index is 3270. The molecular weight excluding hydrogens is 1410 g/mol. The molecule has 0 aromatic heterocycles. The lowest BCUT2D eigenvalue weighted by molar-refractivity contribution is -0.162. The van der Waals surface area contributed by atoms with Crippen LogP contribution in [-0.4, -0.2) is 65.0 Å². The lowest BCUT2D eigenvalue weighted by Gasteiger charge is -2.55. The second kappa shape index (κ2) is 49.5. The Kier molecular flexibility index (Phi) is 41.7. The van der Waals surface area contributed by atoms with Gasteiger partial charge in [0, 0.05) is 43.3 Å². The summed E-state index contributed by atoms with van der Waals surface area (Å²) in [6.07, 6.45) is 37.1. The topological polar surface area (TPSA) is 92.3 Å². The van der Waals surface area contributed by atoms with Crippen molar-refractivity contribution in [3.8, 4) is 28.7 Å². The molecule has 10 unspecified atom stereocenters. The Labute approximate surface area is 698 Å². The molecule has 642 valence electrons. The van der Waals surface area contributed by atoms with E-state index in [1.54, 1.807) is 14.2 Å². The van der Waals surface area contributed by atoms with Crippen LogP contribution in [0.2, 0.25) is 0 Å². The number of ether oxygens (including phenoxy) is 10. The molecule has 0 radical (unpaired) electrons. The fourth-order valence-corrected chi connectivity index (χ4v) is 18.1. The Balaban J connectivity index is 0.000000198. The molecule has 0 N–H and O–H groups in total. The maximum Gasteiger partial charge on any atom is 0.204 e. The van der Waals surface area contributed by atoms with Gasteiger partial charge < -0.3 is 47.4 Å². The highest BCUT2D eigenvalue weighted by Gasteiger charge is 2.49. The molecule has 0 amide bonds. The highest BCUT2D eigenvalue weighted by Crippen LogP contribution is 2.58. The van der Waals surface area contributed by atoms with E-state index in [0.29, 0.717) is 29.6 Å². The first-order chi connectivity index (χ1) is 54.6. The summed E-state index contributed by atoms with van der Waals surface area (Å²) in [6, 6.07) is 42.6. The summed E-state index contributed by atoms with van der Waals surface area (Å²) in [6.45, 7) is 45.5. The van der Waals surface area contributed by atoms with Gasteiger partial charge in [-0.25, -0.2) is 0 Å². The van der Waals surface area contributed by atoms with Gasteiger partial charge >= 0.3 is 0 Å². The minimum absolute atomic E-state index is 0.0397. The van der Waals surface area contributed by atoms with E-state index in [9.17, 15) is 0 Å². The average molecular weight is 1580 g/mol. The zero-order valence-corrected chi connectivity index (χ0v) is 76.4. The Morgan fingerprint density at radius 1 is 0.360 bits per heavy atom. The average Bonchev–Trinajstić information content (AvgIpc) is 0.761. The molecule has 5 aromatic carbocycles. The summed E-state index contributed by atoms with van der Waals surface area (Å²) in [5, 5.41) is 0. The summed E-state index contributed by atoms with van der Waals surface area (Å²) in [5.74, 6) is 14.1. The van der Waals surface area contributed by atoms with Crippen molar-refractivity contribution < 1.29 is 47.4 Å². The van der Waals surface area contributed by atoms with Crippen molar-refractivity contribution >= 4 is 0 Å². The number of rotatable bonds is 36. The van der Waals surface area contributed by atoms with E-state index < -0.39 is 0 Å². The van der Waals surface area contributed by atoms with Crippen LogP contribution in [0, 0.1) is 57.7 Å². The van der Waals surface area contributed by atoms with E-state index in [0.717, 1.165) is 109 Å². The van der Waals surface area contributed by atoms with Gasteiger partial charge in [0.25, 0.3) is 0 Å². The van der Waals surface area contributed by atoms with Crippen molar-refractivity contribution in [2.45, 2.75) is 392 Å². The summed E-state index contributed by atoms with van der Waals surface area (Å²) < 4.78 is 60.1. The van der Waals surface area contributed by atoms with Crippen LogP contribution in [0.25, 0.3) is 0 Å². The molecule has 0 spiro atoms. The van der Waals surface area contributed by atoms with E-state index in [-0.39, 0.29) is 53.8 Å². The van der Waals surface area contributed by atoms with Gasteiger partial charge in [-0.05, 0) is 263 Å². The van der Waals surface area contributed by atoms with Gasteiger partial charge in [0.05, 0.1) is 19.3 Å². The van der Waals surface area contributed by atoms with Gasteiger partial charge in [0.2, 0.25) is 18.9 Å². The van der Waals surface area contributed by atoms with E-state index in [4.69, 9.17) is 47.4 Å². The van der Waals surface area contributed by atoms with Gasteiger partial charge in [-0.15, -0.1) is 0 Å². The Morgan fingerprint density at radius 3 is 1.01 bits per heavy atom. The smallest absolute Gasteiger partial charge is 0.204 e. The van der Waals surface area contributed by atoms with Crippen molar-refractivity contribution in [3.05, 3.63) is 149 Å². The quantitative estimate of drug-likeness (QED) is 0.0361. The van der Waals surface area contributed by atoms with E-state index in [1.165, 1.54) is 188 Å². The Morgan fingerprint density at radius 2 is 0.684 bits per heavy atom. The third kappa shape index (κ3) is 32.2. The molecule has 114 heavy (non-hydrogen) atoms. The second-order valence-corrected chi connectivity index (χ2v) is 38.5. The van der Waals surface area contributed by atoms with Crippen LogP contribution in [-0.2, 0) is 23.7 Å². The molecule has 7 saturated carbocycles. The van der Waals surface area contributed by atoms with E-state index in [1.807, 2.05) is 26.0 Å². The predicted octanol–water partition coefficient (Wildman–Crippen LogP) is 30.2. The largest absolute Gasteiger partial charge is 0.465 e. The predicted molar refractivity (Wildman–Crippen MR) is 478 cm³/mol. The van der Waals surface area contributed by atoms with Crippen LogP contribution in [0.4, 0.5) is 0 Å². The first-order valence-electron chi connectivity index (χ1n) is 46.4. The minimum atomic E-state index is -0.239. The summed E-state index contributed by atoms with van der Waals surface area (Å²) >= 11 is 0. The molecule has 10 heteroatoms. The van der Waals surface area contributed by atoms with Crippen molar-refractivity contribution in [2.24, 2.45) is 57.7 Å².